The van der Waals surface area contributed by atoms with E-state index < -0.39 is 0 Å². The number of hydrogen-bond acceptors (Lipinski definition) is 3. The van der Waals surface area contributed by atoms with Gasteiger partial charge in [-0.05, 0) is 49.7 Å². The Balaban J connectivity index is 0.00000156. The van der Waals surface area contributed by atoms with Gasteiger partial charge in [-0.2, -0.15) is 0 Å². The summed E-state index contributed by atoms with van der Waals surface area (Å²) in [5.41, 5.74) is 3.32. The Morgan fingerprint density at radius 1 is 1.30 bits per heavy atom. The first kappa shape index (κ1) is 16.8. The van der Waals surface area contributed by atoms with Gasteiger partial charge in [-0.15, -0.1) is 12.4 Å². The van der Waals surface area contributed by atoms with E-state index in [-0.39, 0.29) is 35.8 Å². The molecule has 5 atom stereocenters. The lowest BCUT2D eigenvalue weighted by molar-refractivity contribution is -0.155. The Labute approximate surface area is 144 Å². The largest absolute Gasteiger partial charge is 0.466 e. The zero-order valence-corrected chi connectivity index (χ0v) is 14.7. The van der Waals surface area contributed by atoms with Gasteiger partial charge in [0.1, 0.15) is 0 Å². The van der Waals surface area contributed by atoms with Gasteiger partial charge in [0.2, 0.25) is 0 Å². The van der Waals surface area contributed by atoms with Crippen molar-refractivity contribution in [3.63, 3.8) is 0 Å². The van der Waals surface area contributed by atoms with Gasteiger partial charge in [-0.1, -0.05) is 31.2 Å². The van der Waals surface area contributed by atoms with Crippen LogP contribution in [0.15, 0.2) is 24.3 Å². The number of ether oxygens (including phenoxy) is 1. The van der Waals surface area contributed by atoms with Crippen molar-refractivity contribution < 1.29 is 9.53 Å². The molecule has 0 aromatic heterocycles. The van der Waals surface area contributed by atoms with Crippen molar-refractivity contribution in [2.24, 2.45) is 11.8 Å². The molecule has 3 nitrogen and oxygen atoms in total. The van der Waals surface area contributed by atoms with Crippen LogP contribution in [-0.2, 0) is 21.4 Å². The summed E-state index contributed by atoms with van der Waals surface area (Å²) < 4.78 is 5.31. The fourth-order valence-corrected chi connectivity index (χ4v) is 5.50. The Bertz CT molecular complexity index is 605. The van der Waals surface area contributed by atoms with E-state index >= 15 is 0 Å². The monoisotopic (exact) mass is 335 g/mol. The maximum Gasteiger partial charge on any atom is 0.310 e. The molecule has 23 heavy (non-hydrogen) atoms. The van der Waals surface area contributed by atoms with E-state index in [1.165, 1.54) is 12.0 Å². The molecule has 0 radical (unpaired) electrons. The zero-order chi connectivity index (χ0) is 15.3. The minimum absolute atomic E-state index is 0. The summed E-state index contributed by atoms with van der Waals surface area (Å²) in [5.74, 6) is 0.611. The summed E-state index contributed by atoms with van der Waals surface area (Å²) in [5, 5.41) is 3.77. The minimum Gasteiger partial charge on any atom is -0.466 e. The van der Waals surface area contributed by atoms with Gasteiger partial charge in [0.05, 0.1) is 12.5 Å². The number of benzene rings is 1. The van der Waals surface area contributed by atoms with Crippen LogP contribution >= 0.6 is 12.4 Å². The molecule has 1 saturated carbocycles. The number of carbonyl (C=O) groups is 1. The van der Waals surface area contributed by atoms with Gasteiger partial charge in [0, 0.05) is 17.5 Å². The summed E-state index contributed by atoms with van der Waals surface area (Å²) >= 11 is 0. The lowest BCUT2D eigenvalue weighted by Crippen LogP contribution is -2.69. The highest BCUT2D eigenvalue weighted by atomic mass is 35.5. The third-order valence-corrected chi connectivity index (χ3v) is 6.42. The number of esters is 1. The summed E-state index contributed by atoms with van der Waals surface area (Å²) in [6, 6.07) is 9.75. The number of carbonyl (C=O) groups excluding carboxylic acids is 1. The van der Waals surface area contributed by atoms with E-state index in [4.69, 9.17) is 4.74 Å². The van der Waals surface area contributed by atoms with E-state index in [0.717, 1.165) is 19.3 Å². The van der Waals surface area contributed by atoms with Crippen LogP contribution in [0.4, 0.5) is 0 Å². The molecule has 2 aliphatic heterocycles. The molecule has 2 aliphatic carbocycles. The molecule has 1 aromatic carbocycles. The molecule has 2 heterocycles. The molecule has 0 amide bonds. The van der Waals surface area contributed by atoms with Crippen molar-refractivity contribution in [3.05, 3.63) is 35.4 Å². The molecule has 4 bridgehead atoms. The van der Waals surface area contributed by atoms with Crippen molar-refractivity contribution in [2.45, 2.75) is 57.0 Å². The fourth-order valence-electron chi connectivity index (χ4n) is 5.50. The highest BCUT2D eigenvalue weighted by molar-refractivity contribution is 5.85. The van der Waals surface area contributed by atoms with Gasteiger partial charge in [-0.25, -0.2) is 0 Å². The Morgan fingerprint density at radius 2 is 2.09 bits per heavy atom. The number of piperidine rings is 2. The number of rotatable bonds is 3. The van der Waals surface area contributed by atoms with Gasteiger partial charge in [0.15, 0.2) is 0 Å². The molecule has 3 fully saturated rings. The second-order valence-corrected chi connectivity index (χ2v) is 7.16. The number of fused-ring (bicyclic) bond motifs is 2. The Kier molecular flexibility index (Phi) is 4.45. The predicted molar refractivity (Wildman–Crippen MR) is 92.9 cm³/mol. The standard InChI is InChI=1S/C19H25NO2.ClH/c1-3-19-11-17-13(18(21)22-4-2)10-15(19)16(20-17)9-12-7-5-6-8-14(12)19;/h5-8,13,15-17,20H,3-4,9-11H2,1-2H3;1H/t13?,15?,16?,17?,19-;/m0./s1. The quantitative estimate of drug-likeness (QED) is 0.862. The summed E-state index contributed by atoms with van der Waals surface area (Å²) in [6.45, 7) is 4.70. The van der Waals surface area contributed by atoms with Crippen LogP contribution in [0.2, 0.25) is 0 Å². The first-order valence-corrected chi connectivity index (χ1v) is 8.70. The second kappa shape index (κ2) is 6.10. The van der Waals surface area contributed by atoms with Crippen LogP contribution < -0.4 is 5.32 Å². The fraction of sp³-hybridized carbons (Fsp3) is 0.632. The predicted octanol–water partition coefficient (Wildman–Crippen LogP) is 3.24. The van der Waals surface area contributed by atoms with Crippen molar-refractivity contribution in [1.82, 2.24) is 5.32 Å². The van der Waals surface area contributed by atoms with E-state index in [2.05, 4.69) is 36.5 Å². The summed E-state index contributed by atoms with van der Waals surface area (Å²) in [6.07, 6.45) is 4.34. The maximum atomic E-state index is 12.3. The molecular weight excluding hydrogens is 310 g/mol. The van der Waals surface area contributed by atoms with Crippen LogP contribution in [0.1, 0.15) is 44.2 Å². The molecule has 1 aromatic rings. The van der Waals surface area contributed by atoms with E-state index in [1.54, 1.807) is 5.56 Å². The summed E-state index contributed by atoms with van der Waals surface area (Å²) in [4.78, 5) is 12.3. The van der Waals surface area contributed by atoms with Crippen LogP contribution in [-0.4, -0.2) is 24.7 Å². The average molecular weight is 336 g/mol. The van der Waals surface area contributed by atoms with Crippen LogP contribution in [0, 0.1) is 11.8 Å². The number of hydrogen-bond donors (Lipinski definition) is 1. The van der Waals surface area contributed by atoms with Crippen LogP contribution in [0.5, 0.6) is 0 Å². The maximum absolute atomic E-state index is 12.3. The first-order valence-electron chi connectivity index (χ1n) is 8.70. The average Bonchev–Trinajstić information content (AvgIpc) is 2.54. The van der Waals surface area contributed by atoms with Crippen molar-refractivity contribution in [1.29, 1.82) is 0 Å². The second-order valence-electron chi connectivity index (χ2n) is 7.16. The lowest BCUT2D eigenvalue weighted by Gasteiger charge is -2.61. The smallest absolute Gasteiger partial charge is 0.310 e. The Morgan fingerprint density at radius 3 is 2.78 bits per heavy atom. The molecule has 5 rings (SSSR count). The van der Waals surface area contributed by atoms with Gasteiger partial charge >= 0.3 is 5.97 Å². The van der Waals surface area contributed by atoms with Gasteiger partial charge in [-0.3, -0.25) is 4.79 Å². The van der Waals surface area contributed by atoms with E-state index in [0.29, 0.717) is 18.6 Å². The van der Waals surface area contributed by atoms with Crippen molar-refractivity contribution in [2.75, 3.05) is 6.61 Å². The summed E-state index contributed by atoms with van der Waals surface area (Å²) in [7, 11) is 0. The topological polar surface area (TPSA) is 38.3 Å². The van der Waals surface area contributed by atoms with E-state index in [1.807, 2.05) is 6.92 Å². The van der Waals surface area contributed by atoms with Crippen molar-refractivity contribution in [3.8, 4) is 0 Å². The molecular formula is C19H26ClNO2. The molecule has 1 N–H and O–H groups in total. The molecule has 0 spiro atoms. The van der Waals surface area contributed by atoms with Crippen LogP contribution in [0.25, 0.3) is 0 Å². The normalized spacial score (nSPS) is 36.8. The lowest BCUT2D eigenvalue weighted by atomic mass is 9.49. The number of halogens is 1. The van der Waals surface area contributed by atoms with Crippen LogP contribution in [0.3, 0.4) is 0 Å². The number of nitrogens with one attached hydrogen (secondary N) is 1. The first-order chi connectivity index (χ1) is 10.7. The molecule has 2 saturated heterocycles. The minimum atomic E-state index is 0. The Hall–Kier alpha value is -1.06. The highest BCUT2D eigenvalue weighted by Crippen LogP contribution is 2.56. The SMILES string of the molecule is CCOC(=O)C1CC2C3Cc4ccccc4[C@]2(CC)CC1N3.Cl. The molecule has 4 unspecified atom stereocenters. The van der Waals surface area contributed by atoms with Crippen molar-refractivity contribution >= 4 is 18.4 Å². The molecule has 4 heteroatoms. The van der Waals surface area contributed by atoms with Gasteiger partial charge < -0.3 is 10.1 Å². The molecule has 126 valence electrons. The third kappa shape index (κ3) is 2.32. The van der Waals surface area contributed by atoms with Gasteiger partial charge in [0.25, 0.3) is 0 Å². The highest BCUT2D eigenvalue weighted by Gasteiger charge is 2.59. The molecule has 4 aliphatic rings. The van der Waals surface area contributed by atoms with E-state index in [9.17, 15) is 4.79 Å². The zero-order valence-electron chi connectivity index (χ0n) is 13.9. The third-order valence-electron chi connectivity index (χ3n) is 6.42.